The zero-order valence-electron chi connectivity index (χ0n) is 24.6. The standard InChI is InChI=1S/C23H29N2O2P.C6H14N2.C3H6O2/c1-2-22(26)24-20-15-9-10-16-21(20)25-23(27)17-28(18-11-5-3-6-12-18)19-13-7-4-8-14-19;7-5-3-1-2-4-6(5)8;1-2-3(4)5/h3-8,11-14,20-21H,2,9-10,15-17H2,1H3,(H,24,26)(H,25,27);5-6H,1-4,7-8H2;2H2,1H3,(H,4,5)/t20-,21-;5-,6-;/m11./s1. The van der Waals surface area contributed by atoms with E-state index in [4.69, 9.17) is 16.6 Å². The first-order valence-corrected chi connectivity index (χ1v) is 16.5. The molecular formula is C32H49N4O4P. The van der Waals surface area contributed by atoms with Crippen molar-refractivity contribution in [3.63, 3.8) is 0 Å². The van der Waals surface area contributed by atoms with Crippen LogP contribution in [0.3, 0.4) is 0 Å². The van der Waals surface area contributed by atoms with Gasteiger partial charge in [-0.3, -0.25) is 14.4 Å². The van der Waals surface area contributed by atoms with Crippen LogP contribution in [0.15, 0.2) is 60.7 Å². The molecule has 0 spiro atoms. The highest BCUT2D eigenvalue weighted by Gasteiger charge is 2.28. The fourth-order valence-corrected chi connectivity index (χ4v) is 7.02. The Morgan fingerprint density at radius 3 is 1.46 bits per heavy atom. The number of hydrogen-bond acceptors (Lipinski definition) is 5. The molecule has 4 atom stereocenters. The Hall–Kier alpha value is -2.80. The van der Waals surface area contributed by atoms with Crippen molar-refractivity contribution in [3.8, 4) is 0 Å². The number of hydrogen-bond donors (Lipinski definition) is 5. The first-order chi connectivity index (χ1) is 19.7. The molecule has 2 fully saturated rings. The number of aliphatic carboxylic acids is 1. The third kappa shape index (κ3) is 13.2. The van der Waals surface area contributed by atoms with Gasteiger partial charge in [0.1, 0.15) is 0 Å². The highest BCUT2D eigenvalue weighted by molar-refractivity contribution is 7.73. The van der Waals surface area contributed by atoms with E-state index in [0.29, 0.717) is 12.6 Å². The summed E-state index contributed by atoms with van der Waals surface area (Å²) in [6.07, 6.45) is 10.0. The molecule has 0 heterocycles. The van der Waals surface area contributed by atoms with Crippen molar-refractivity contribution in [1.82, 2.24) is 10.6 Å². The molecule has 0 saturated heterocycles. The summed E-state index contributed by atoms with van der Waals surface area (Å²) in [6.45, 7) is 3.46. The van der Waals surface area contributed by atoms with Crippen LogP contribution in [0.25, 0.3) is 0 Å². The summed E-state index contributed by atoms with van der Waals surface area (Å²) >= 11 is 0. The lowest BCUT2D eigenvalue weighted by Gasteiger charge is -2.33. The Labute approximate surface area is 246 Å². The minimum absolute atomic E-state index is 0.0279. The molecule has 226 valence electrons. The average molecular weight is 585 g/mol. The quantitative estimate of drug-likeness (QED) is 0.299. The number of benzene rings is 2. The van der Waals surface area contributed by atoms with Crippen LogP contribution in [0.5, 0.6) is 0 Å². The van der Waals surface area contributed by atoms with E-state index in [9.17, 15) is 14.4 Å². The van der Waals surface area contributed by atoms with Crippen molar-refractivity contribution in [2.24, 2.45) is 11.5 Å². The Kier molecular flexibility index (Phi) is 16.2. The van der Waals surface area contributed by atoms with E-state index in [0.717, 1.165) is 38.5 Å². The molecule has 8 nitrogen and oxygen atoms in total. The van der Waals surface area contributed by atoms with Crippen LogP contribution in [0, 0.1) is 0 Å². The molecule has 0 unspecified atom stereocenters. The van der Waals surface area contributed by atoms with Crippen LogP contribution in [0.4, 0.5) is 0 Å². The minimum atomic E-state index is -0.751. The molecule has 41 heavy (non-hydrogen) atoms. The molecule has 2 aliphatic carbocycles. The summed E-state index contributed by atoms with van der Waals surface area (Å²) < 4.78 is 0. The van der Waals surface area contributed by atoms with Gasteiger partial charge in [-0.2, -0.15) is 0 Å². The number of carboxylic acids is 1. The molecular weight excluding hydrogens is 535 g/mol. The fraction of sp³-hybridized carbons (Fsp3) is 0.531. The lowest BCUT2D eigenvalue weighted by Crippen LogP contribution is -2.53. The molecule has 2 amide bonds. The predicted molar refractivity (Wildman–Crippen MR) is 169 cm³/mol. The Balaban J connectivity index is 0.000000373. The van der Waals surface area contributed by atoms with Gasteiger partial charge in [-0.15, -0.1) is 0 Å². The molecule has 4 rings (SSSR count). The van der Waals surface area contributed by atoms with Gasteiger partial charge >= 0.3 is 5.97 Å². The fourth-order valence-electron chi connectivity index (χ4n) is 4.92. The lowest BCUT2D eigenvalue weighted by molar-refractivity contribution is -0.136. The van der Waals surface area contributed by atoms with Crippen LogP contribution < -0.4 is 32.7 Å². The second-order valence-electron chi connectivity index (χ2n) is 10.6. The molecule has 2 aliphatic rings. The van der Waals surface area contributed by atoms with Crippen LogP contribution in [-0.2, 0) is 14.4 Å². The summed E-state index contributed by atoms with van der Waals surface area (Å²) in [5.41, 5.74) is 11.3. The number of carboxylic acid groups (broad SMARTS) is 1. The predicted octanol–water partition coefficient (Wildman–Crippen LogP) is 3.77. The van der Waals surface area contributed by atoms with Crippen molar-refractivity contribution in [1.29, 1.82) is 0 Å². The number of nitrogens with one attached hydrogen (secondary N) is 2. The van der Waals surface area contributed by atoms with E-state index < -0.39 is 13.9 Å². The van der Waals surface area contributed by atoms with Crippen LogP contribution in [-0.4, -0.2) is 53.2 Å². The van der Waals surface area contributed by atoms with E-state index in [1.165, 1.54) is 23.5 Å². The molecule has 0 radical (unpaired) electrons. The average Bonchev–Trinajstić information content (AvgIpc) is 3.00. The first kappa shape index (κ1) is 34.4. The normalized spacial score (nSPS) is 21.8. The molecule has 0 bridgehead atoms. The van der Waals surface area contributed by atoms with Gasteiger partial charge in [-0.1, -0.05) is 100 Å². The molecule has 0 aromatic heterocycles. The Morgan fingerprint density at radius 1 is 0.707 bits per heavy atom. The molecule has 9 heteroatoms. The maximum absolute atomic E-state index is 13.0. The Morgan fingerprint density at radius 2 is 1.10 bits per heavy atom. The zero-order valence-corrected chi connectivity index (χ0v) is 25.5. The first-order valence-electron chi connectivity index (χ1n) is 14.9. The van der Waals surface area contributed by atoms with Gasteiger partial charge in [-0.05, 0) is 44.2 Å². The van der Waals surface area contributed by atoms with Crippen molar-refractivity contribution < 1.29 is 19.5 Å². The maximum Gasteiger partial charge on any atom is 0.303 e. The molecule has 7 N–H and O–H groups in total. The lowest BCUT2D eigenvalue weighted by atomic mass is 9.90. The van der Waals surface area contributed by atoms with Gasteiger partial charge in [-0.25, -0.2) is 0 Å². The van der Waals surface area contributed by atoms with E-state index >= 15 is 0 Å². The smallest absolute Gasteiger partial charge is 0.303 e. The molecule has 2 saturated carbocycles. The second kappa shape index (κ2) is 19.3. The van der Waals surface area contributed by atoms with Crippen molar-refractivity contribution >= 4 is 36.3 Å². The molecule has 2 aromatic carbocycles. The third-order valence-corrected chi connectivity index (χ3v) is 9.84. The minimum Gasteiger partial charge on any atom is -0.481 e. The van der Waals surface area contributed by atoms with E-state index in [1.54, 1.807) is 6.92 Å². The number of carbonyl (C=O) groups excluding carboxylic acids is 2. The summed E-state index contributed by atoms with van der Waals surface area (Å²) in [5.74, 6) is -0.617. The summed E-state index contributed by atoms with van der Waals surface area (Å²) in [5, 5.41) is 16.5. The van der Waals surface area contributed by atoms with E-state index in [1.807, 2.05) is 43.3 Å². The second-order valence-corrected chi connectivity index (χ2v) is 12.8. The SMILES string of the molecule is CCC(=O)N[C@@H]1CCCC[C@H]1NC(=O)CP(c1ccccc1)c1ccccc1.CCC(=O)O.N[C@@H]1CCCC[C@H]1N. The maximum atomic E-state index is 13.0. The largest absolute Gasteiger partial charge is 0.481 e. The number of amides is 2. The third-order valence-electron chi connectivity index (χ3n) is 7.39. The highest BCUT2D eigenvalue weighted by atomic mass is 31.1. The monoisotopic (exact) mass is 584 g/mol. The van der Waals surface area contributed by atoms with Gasteiger partial charge in [0.25, 0.3) is 0 Å². The molecule has 2 aromatic rings. The zero-order chi connectivity index (χ0) is 30.0. The number of rotatable bonds is 8. The summed E-state index contributed by atoms with van der Waals surface area (Å²) in [7, 11) is -0.751. The highest BCUT2D eigenvalue weighted by Crippen LogP contribution is 2.33. The van der Waals surface area contributed by atoms with Gasteiger partial charge in [0.2, 0.25) is 11.8 Å². The van der Waals surface area contributed by atoms with Gasteiger partial charge < -0.3 is 27.2 Å². The van der Waals surface area contributed by atoms with Gasteiger partial charge in [0, 0.05) is 37.0 Å². The van der Waals surface area contributed by atoms with Gasteiger partial charge in [0.15, 0.2) is 0 Å². The summed E-state index contributed by atoms with van der Waals surface area (Å²) in [4.78, 5) is 34.2. The van der Waals surface area contributed by atoms with Crippen molar-refractivity contribution in [2.45, 2.75) is 102 Å². The Bertz CT molecular complexity index is 991. The van der Waals surface area contributed by atoms with Crippen LogP contribution in [0.1, 0.15) is 78.1 Å². The van der Waals surface area contributed by atoms with Crippen LogP contribution in [0.2, 0.25) is 0 Å². The van der Waals surface area contributed by atoms with Crippen LogP contribution >= 0.6 is 7.92 Å². The number of carbonyl (C=O) groups is 3. The van der Waals surface area contributed by atoms with Crippen molar-refractivity contribution in [2.75, 3.05) is 6.16 Å². The summed E-state index contributed by atoms with van der Waals surface area (Å²) in [6, 6.07) is 21.2. The molecule has 0 aliphatic heterocycles. The topological polar surface area (TPSA) is 148 Å². The van der Waals surface area contributed by atoms with E-state index in [2.05, 4.69) is 34.9 Å². The van der Waals surface area contributed by atoms with E-state index in [-0.39, 0.29) is 42.4 Å². The number of nitrogens with two attached hydrogens (primary N) is 2. The van der Waals surface area contributed by atoms with Gasteiger partial charge in [0.05, 0.1) is 6.16 Å². The van der Waals surface area contributed by atoms with Crippen molar-refractivity contribution in [3.05, 3.63) is 60.7 Å².